The number of nitrogens with zero attached hydrogens (tertiary/aromatic N) is 3. The first-order valence-electron chi connectivity index (χ1n) is 11.9. The molecule has 3 amide bonds. The van der Waals surface area contributed by atoms with Crippen LogP contribution in [0, 0.1) is 6.92 Å². The molecule has 10 heteroatoms. The zero-order chi connectivity index (χ0) is 27.4. The van der Waals surface area contributed by atoms with Gasteiger partial charge in [0.15, 0.2) is 0 Å². The second-order valence-corrected chi connectivity index (χ2v) is 10.1. The van der Waals surface area contributed by atoms with E-state index in [0.29, 0.717) is 23.0 Å². The molecule has 3 N–H and O–H groups in total. The normalized spacial score (nSPS) is 11.1. The number of rotatable bonds is 6. The topological polar surface area (TPSA) is 110 Å². The number of pyridine rings is 1. The molecular weight excluding hydrogens is 504 g/mol. The number of carbonyl (C=O) groups excluding carboxylic acids is 2. The van der Waals surface area contributed by atoms with E-state index in [2.05, 4.69) is 41.7 Å². The van der Waals surface area contributed by atoms with Crippen molar-refractivity contribution in [2.45, 2.75) is 33.1 Å². The maximum absolute atomic E-state index is 13.0. The van der Waals surface area contributed by atoms with Crippen molar-refractivity contribution in [1.29, 1.82) is 0 Å². The fourth-order valence-electron chi connectivity index (χ4n) is 3.59. The summed E-state index contributed by atoms with van der Waals surface area (Å²) in [5, 5.41) is 13.2. The summed E-state index contributed by atoms with van der Waals surface area (Å²) in [5.74, 6) is 1.06. The first kappa shape index (κ1) is 26.7. The molecule has 0 atom stereocenters. The van der Waals surface area contributed by atoms with E-state index < -0.39 is 6.03 Å². The molecule has 4 rings (SSSR count). The summed E-state index contributed by atoms with van der Waals surface area (Å²) in [6, 6.07) is 17.3. The Balaban J connectivity index is 1.50. The Kier molecular flexibility index (Phi) is 7.68. The molecule has 9 nitrogen and oxygen atoms in total. The zero-order valence-electron chi connectivity index (χ0n) is 21.8. The first-order chi connectivity index (χ1) is 18.0. The fourth-order valence-corrected chi connectivity index (χ4v) is 3.80. The molecule has 0 aliphatic heterocycles. The lowest BCUT2D eigenvalue weighted by atomic mass is 9.92. The Morgan fingerprint density at radius 1 is 0.974 bits per heavy atom. The summed E-state index contributed by atoms with van der Waals surface area (Å²) in [6.07, 6.45) is 1.48. The summed E-state index contributed by atoms with van der Waals surface area (Å²) in [5.41, 5.74) is 3.17. The van der Waals surface area contributed by atoms with Crippen molar-refractivity contribution >= 4 is 35.0 Å². The van der Waals surface area contributed by atoms with Gasteiger partial charge in [0.05, 0.1) is 22.1 Å². The highest BCUT2D eigenvalue weighted by Gasteiger charge is 2.22. The number of amides is 3. The first-order valence-corrected chi connectivity index (χ1v) is 12.3. The van der Waals surface area contributed by atoms with Gasteiger partial charge in [-0.2, -0.15) is 5.10 Å². The van der Waals surface area contributed by atoms with E-state index in [1.54, 1.807) is 28.9 Å². The highest BCUT2D eigenvalue weighted by molar-refractivity contribution is 6.34. The molecular formula is C28H29ClN6O3. The van der Waals surface area contributed by atoms with Crippen molar-refractivity contribution in [3.63, 3.8) is 0 Å². The number of benzene rings is 2. The second kappa shape index (κ2) is 10.9. The van der Waals surface area contributed by atoms with Crippen LogP contribution < -0.4 is 20.7 Å². The number of carbonyl (C=O) groups is 2. The number of urea groups is 1. The monoisotopic (exact) mass is 532 g/mol. The van der Waals surface area contributed by atoms with Crippen LogP contribution in [0.3, 0.4) is 0 Å². The average Bonchev–Trinajstić information content (AvgIpc) is 3.30. The van der Waals surface area contributed by atoms with Gasteiger partial charge in [-0.1, -0.05) is 44.5 Å². The number of ether oxygens (including phenoxy) is 1. The minimum Gasteiger partial charge on any atom is -0.457 e. The molecule has 38 heavy (non-hydrogen) atoms. The van der Waals surface area contributed by atoms with Crippen LogP contribution in [0.5, 0.6) is 11.5 Å². The molecule has 0 unspecified atom stereocenters. The van der Waals surface area contributed by atoms with Gasteiger partial charge in [0.1, 0.15) is 23.0 Å². The van der Waals surface area contributed by atoms with Crippen molar-refractivity contribution in [1.82, 2.24) is 20.1 Å². The van der Waals surface area contributed by atoms with Gasteiger partial charge < -0.3 is 15.4 Å². The number of anilines is 2. The summed E-state index contributed by atoms with van der Waals surface area (Å²) < 4.78 is 7.53. The van der Waals surface area contributed by atoms with Gasteiger partial charge in [0, 0.05) is 36.9 Å². The summed E-state index contributed by atoms with van der Waals surface area (Å²) >= 11 is 6.44. The average molecular weight is 533 g/mol. The molecule has 0 saturated carbocycles. The third-order valence-electron chi connectivity index (χ3n) is 5.58. The van der Waals surface area contributed by atoms with Gasteiger partial charge in [-0.05, 0) is 42.8 Å². The summed E-state index contributed by atoms with van der Waals surface area (Å²) in [6.45, 7) is 8.19. The van der Waals surface area contributed by atoms with Crippen LogP contribution in [-0.2, 0) is 5.41 Å². The third kappa shape index (κ3) is 6.30. The van der Waals surface area contributed by atoms with Crippen molar-refractivity contribution < 1.29 is 14.3 Å². The van der Waals surface area contributed by atoms with E-state index in [0.717, 1.165) is 16.9 Å². The van der Waals surface area contributed by atoms with Crippen molar-refractivity contribution in [2.24, 2.45) is 0 Å². The van der Waals surface area contributed by atoms with Crippen molar-refractivity contribution in [2.75, 3.05) is 17.7 Å². The predicted octanol–water partition coefficient (Wildman–Crippen LogP) is 6.32. The standard InChI is InChI=1S/C28H29ClN6O3/c1-17-7-6-8-18(13-17)35-25(16-24(34-35)28(2,3)4)33-27(37)32-22-10-9-19(14-21(22)29)38-20-11-12-31-23(15-20)26(36)30-5/h6-16H,1-5H3,(H,30,36)(H2,32,33,37). The molecule has 0 fully saturated rings. The Bertz CT molecular complexity index is 1490. The molecule has 4 aromatic rings. The van der Waals surface area contributed by atoms with Gasteiger partial charge in [-0.15, -0.1) is 0 Å². The minimum atomic E-state index is -0.473. The number of aryl methyl sites for hydroxylation is 1. The zero-order valence-corrected chi connectivity index (χ0v) is 22.6. The fraction of sp³-hybridized carbons (Fsp3) is 0.214. The smallest absolute Gasteiger partial charge is 0.324 e. The lowest BCUT2D eigenvalue weighted by Crippen LogP contribution is -2.21. The van der Waals surface area contributed by atoms with Gasteiger partial charge in [-0.25, -0.2) is 9.48 Å². The van der Waals surface area contributed by atoms with E-state index in [4.69, 9.17) is 21.4 Å². The largest absolute Gasteiger partial charge is 0.457 e. The summed E-state index contributed by atoms with van der Waals surface area (Å²) in [7, 11) is 1.53. The molecule has 0 saturated heterocycles. The molecule has 0 bridgehead atoms. The Labute approximate surface area is 226 Å². The van der Waals surface area contributed by atoms with Crippen LogP contribution in [0.25, 0.3) is 5.69 Å². The number of hydrogen-bond acceptors (Lipinski definition) is 5. The molecule has 2 aromatic carbocycles. The number of halogens is 1. The van der Waals surface area contributed by atoms with Crippen LogP contribution in [0.1, 0.15) is 42.5 Å². The van der Waals surface area contributed by atoms with Gasteiger partial charge >= 0.3 is 6.03 Å². The van der Waals surface area contributed by atoms with Gasteiger partial charge in [0.25, 0.3) is 5.91 Å². The number of aromatic nitrogens is 3. The lowest BCUT2D eigenvalue weighted by Gasteiger charge is -2.14. The van der Waals surface area contributed by atoms with Crippen LogP contribution >= 0.6 is 11.6 Å². The molecule has 2 aromatic heterocycles. The van der Waals surface area contributed by atoms with E-state index >= 15 is 0 Å². The molecule has 0 radical (unpaired) electrons. The summed E-state index contributed by atoms with van der Waals surface area (Å²) in [4.78, 5) is 28.8. The highest BCUT2D eigenvalue weighted by Crippen LogP contribution is 2.31. The van der Waals surface area contributed by atoms with Crippen molar-refractivity contribution in [3.8, 4) is 17.2 Å². The maximum atomic E-state index is 13.0. The van der Waals surface area contributed by atoms with E-state index in [1.165, 1.54) is 19.3 Å². The molecule has 0 aliphatic carbocycles. The Morgan fingerprint density at radius 3 is 2.42 bits per heavy atom. The minimum absolute atomic E-state index is 0.211. The second-order valence-electron chi connectivity index (χ2n) is 9.69. The lowest BCUT2D eigenvalue weighted by molar-refractivity contribution is 0.0958. The van der Waals surface area contributed by atoms with Crippen LogP contribution in [0.2, 0.25) is 5.02 Å². The van der Waals surface area contributed by atoms with Crippen LogP contribution in [-0.4, -0.2) is 33.8 Å². The molecule has 0 aliphatic rings. The van der Waals surface area contributed by atoms with E-state index in [-0.39, 0.29) is 22.0 Å². The highest BCUT2D eigenvalue weighted by atomic mass is 35.5. The Hall–Kier alpha value is -4.37. The van der Waals surface area contributed by atoms with Crippen LogP contribution in [0.4, 0.5) is 16.3 Å². The van der Waals surface area contributed by atoms with Gasteiger partial charge in [-0.3, -0.25) is 15.1 Å². The van der Waals surface area contributed by atoms with Crippen molar-refractivity contribution in [3.05, 3.63) is 88.8 Å². The van der Waals surface area contributed by atoms with E-state index in [1.807, 2.05) is 37.3 Å². The molecule has 196 valence electrons. The predicted molar refractivity (Wildman–Crippen MR) is 149 cm³/mol. The van der Waals surface area contributed by atoms with Gasteiger partial charge in [0.2, 0.25) is 0 Å². The number of hydrogen-bond donors (Lipinski definition) is 3. The SMILES string of the molecule is CNC(=O)c1cc(Oc2ccc(NC(=O)Nc3cc(C(C)(C)C)nn3-c3cccc(C)c3)c(Cl)c2)ccn1. The molecule has 0 spiro atoms. The maximum Gasteiger partial charge on any atom is 0.324 e. The van der Waals surface area contributed by atoms with Crippen LogP contribution in [0.15, 0.2) is 66.9 Å². The number of nitrogens with one attached hydrogen (secondary N) is 3. The quantitative estimate of drug-likeness (QED) is 0.269. The van der Waals surface area contributed by atoms with E-state index in [9.17, 15) is 9.59 Å². The Morgan fingerprint density at radius 2 is 1.74 bits per heavy atom. The third-order valence-corrected chi connectivity index (χ3v) is 5.89. The molecule has 2 heterocycles.